The molecule has 0 atom stereocenters. The Morgan fingerprint density at radius 2 is 1.96 bits per heavy atom. The Balaban J connectivity index is 1.82. The third-order valence-electron chi connectivity index (χ3n) is 4.24. The summed E-state index contributed by atoms with van der Waals surface area (Å²) in [6.45, 7) is 1.43. The molecule has 2 heterocycles. The van der Waals surface area contributed by atoms with Crippen molar-refractivity contribution < 1.29 is 18.0 Å². The number of fused-ring (bicyclic) bond motifs is 1. The van der Waals surface area contributed by atoms with Crippen LogP contribution in [0.3, 0.4) is 0 Å². The minimum atomic E-state index is -3.83. The van der Waals surface area contributed by atoms with Crippen LogP contribution in [0, 0.1) is 0 Å². The first-order valence-electron chi connectivity index (χ1n) is 8.08. The molecular formula is C17H18ClN3O4S2. The smallest absolute Gasteiger partial charge is 0.251 e. The zero-order chi connectivity index (χ0) is 19.8. The monoisotopic (exact) mass is 427 g/mol. The van der Waals surface area contributed by atoms with Gasteiger partial charge in [-0.15, -0.1) is 11.3 Å². The zero-order valence-electron chi connectivity index (χ0n) is 14.5. The molecule has 144 valence electrons. The summed E-state index contributed by atoms with van der Waals surface area (Å²) in [5.74, 6) is -2.10. The van der Waals surface area contributed by atoms with Crippen LogP contribution >= 0.6 is 22.9 Å². The predicted octanol–water partition coefficient (Wildman–Crippen LogP) is 1.90. The van der Waals surface area contributed by atoms with Gasteiger partial charge in [0.1, 0.15) is 10.8 Å². The molecular weight excluding hydrogens is 410 g/mol. The SMILES string of the molecule is CN1CCc2c(sc(NC(=O)CS(=O)(=O)c3ccc(Cl)cc3)c2C(N)=O)C1. The minimum absolute atomic E-state index is 0.00396. The van der Waals surface area contributed by atoms with Crippen molar-refractivity contribution in [3.05, 3.63) is 45.3 Å². The minimum Gasteiger partial charge on any atom is -0.365 e. The van der Waals surface area contributed by atoms with Crippen molar-refractivity contribution in [2.75, 3.05) is 24.7 Å². The maximum atomic E-state index is 12.4. The molecule has 0 bridgehead atoms. The maximum Gasteiger partial charge on any atom is 0.251 e. The highest BCUT2D eigenvalue weighted by molar-refractivity contribution is 7.92. The molecule has 2 aromatic rings. The molecule has 1 aromatic carbocycles. The summed E-state index contributed by atoms with van der Waals surface area (Å²) in [5, 5.41) is 3.26. The van der Waals surface area contributed by atoms with E-state index in [9.17, 15) is 18.0 Å². The molecule has 0 aliphatic carbocycles. The van der Waals surface area contributed by atoms with E-state index >= 15 is 0 Å². The molecule has 0 unspecified atom stereocenters. The number of thiophene rings is 1. The third kappa shape index (κ3) is 4.32. The fourth-order valence-corrected chi connectivity index (χ4v) is 5.55. The predicted molar refractivity (Wildman–Crippen MR) is 105 cm³/mol. The first-order valence-corrected chi connectivity index (χ1v) is 10.9. The van der Waals surface area contributed by atoms with E-state index in [0.29, 0.717) is 23.0 Å². The maximum absolute atomic E-state index is 12.4. The second kappa shape index (κ2) is 7.59. The Bertz CT molecular complexity index is 1000. The summed E-state index contributed by atoms with van der Waals surface area (Å²) >= 11 is 7.02. The van der Waals surface area contributed by atoms with Gasteiger partial charge in [-0.2, -0.15) is 0 Å². The summed E-state index contributed by atoms with van der Waals surface area (Å²) in [6.07, 6.45) is 0.652. The van der Waals surface area contributed by atoms with E-state index in [0.717, 1.165) is 17.0 Å². The second-order valence-corrected chi connectivity index (χ2v) is 9.85. The molecule has 0 spiro atoms. The van der Waals surface area contributed by atoms with Gasteiger partial charge < -0.3 is 16.0 Å². The molecule has 2 amide bonds. The molecule has 1 aliphatic rings. The van der Waals surface area contributed by atoms with Crippen molar-refractivity contribution in [2.24, 2.45) is 5.73 Å². The van der Waals surface area contributed by atoms with E-state index < -0.39 is 27.4 Å². The molecule has 10 heteroatoms. The number of hydrogen-bond donors (Lipinski definition) is 2. The van der Waals surface area contributed by atoms with Crippen molar-refractivity contribution in [1.82, 2.24) is 4.90 Å². The Labute approximate surface area is 166 Å². The Morgan fingerprint density at radius 3 is 2.59 bits per heavy atom. The number of amides is 2. The number of sulfone groups is 1. The van der Waals surface area contributed by atoms with Crippen LogP contribution in [0.25, 0.3) is 0 Å². The number of carbonyl (C=O) groups excluding carboxylic acids is 2. The molecule has 0 saturated heterocycles. The van der Waals surface area contributed by atoms with Crippen LogP contribution in [0.2, 0.25) is 5.02 Å². The molecule has 3 rings (SSSR count). The van der Waals surface area contributed by atoms with E-state index in [2.05, 4.69) is 10.2 Å². The number of likely N-dealkylation sites (N-methyl/N-ethyl adjacent to an activating group) is 1. The van der Waals surface area contributed by atoms with Gasteiger partial charge in [-0.3, -0.25) is 9.59 Å². The molecule has 3 N–H and O–H groups in total. The first kappa shape index (κ1) is 19.8. The first-order chi connectivity index (χ1) is 12.7. The number of nitrogens with one attached hydrogen (secondary N) is 1. The summed E-state index contributed by atoms with van der Waals surface area (Å²) in [5.41, 5.74) is 6.61. The highest BCUT2D eigenvalue weighted by Gasteiger charge is 2.27. The number of benzene rings is 1. The van der Waals surface area contributed by atoms with Gasteiger partial charge in [0.05, 0.1) is 10.5 Å². The van der Waals surface area contributed by atoms with E-state index in [4.69, 9.17) is 17.3 Å². The fourth-order valence-electron chi connectivity index (χ4n) is 2.94. The van der Waals surface area contributed by atoms with Gasteiger partial charge in [0, 0.05) is 23.0 Å². The van der Waals surface area contributed by atoms with Crippen molar-refractivity contribution in [3.63, 3.8) is 0 Å². The van der Waals surface area contributed by atoms with Gasteiger partial charge in [0.2, 0.25) is 5.91 Å². The van der Waals surface area contributed by atoms with Crippen molar-refractivity contribution in [3.8, 4) is 0 Å². The van der Waals surface area contributed by atoms with Gasteiger partial charge in [0.25, 0.3) is 5.91 Å². The second-order valence-electron chi connectivity index (χ2n) is 6.32. The van der Waals surface area contributed by atoms with Crippen LogP contribution in [0.4, 0.5) is 5.00 Å². The number of nitrogens with zero attached hydrogens (tertiary/aromatic N) is 1. The Morgan fingerprint density at radius 1 is 1.30 bits per heavy atom. The van der Waals surface area contributed by atoms with Crippen LogP contribution in [0.15, 0.2) is 29.2 Å². The van der Waals surface area contributed by atoms with E-state index in [1.165, 1.54) is 35.6 Å². The summed E-state index contributed by atoms with van der Waals surface area (Å²) in [4.78, 5) is 27.3. The molecule has 1 aliphatic heterocycles. The summed E-state index contributed by atoms with van der Waals surface area (Å²) in [7, 11) is -1.87. The fraction of sp³-hybridized carbons (Fsp3) is 0.294. The lowest BCUT2D eigenvalue weighted by molar-refractivity contribution is -0.113. The lowest BCUT2D eigenvalue weighted by Crippen LogP contribution is -2.27. The quantitative estimate of drug-likeness (QED) is 0.757. The third-order valence-corrected chi connectivity index (χ3v) is 7.26. The van der Waals surface area contributed by atoms with E-state index in [1.807, 2.05) is 7.05 Å². The summed E-state index contributed by atoms with van der Waals surface area (Å²) in [6, 6.07) is 5.58. The molecule has 0 fully saturated rings. The van der Waals surface area contributed by atoms with Crippen LogP contribution in [-0.2, 0) is 27.6 Å². The normalized spacial score (nSPS) is 14.6. The highest BCUT2D eigenvalue weighted by atomic mass is 35.5. The number of halogens is 1. The van der Waals surface area contributed by atoms with Crippen LogP contribution in [-0.4, -0.2) is 44.5 Å². The topological polar surface area (TPSA) is 110 Å². The van der Waals surface area contributed by atoms with Gasteiger partial charge in [-0.1, -0.05) is 11.6 Å². The van der Waals surface area contributed by atoms with Gasteiger partial charge in [0.15, 0.2) is 9.84 Å². The van der Waals surface area contributed by atoms with Crippen LogP contribution in [0.5, 0.6) is 0 Å². The number of carbonyl (C=O) groups is 2. The number of hydrogen-bond acceptors (Lipinski definition) is 6. The Hall–Kier alpha value is -1.94. The van der Waals surface area contributed by atoms with Gasteiger partial charge in [-0.25, -0.2) is 8.42 Å². The standard InChI is InChI=1S/C17H18ClN3O4S2/c1-21-7-6-12-13(8-21)26-17(15(12)16(19)23)20-14(22)9-27(24,25)11-4-2-10(18)3-5-11/h2-5H,6-9H2,1H3,(H2,19,23)(H,20,22). The Kier molecular flexibility index (Phi) is 5.57. The van der Waals surface area contributed by atoms with E-state index in [1.54, 1.807) is 0 Å². The van der Waals surface area contributed by atoms with Crippen LogP contribution in [0.1, 0.15) is 20.8 Å². The zero-order valence-corrected chi connectivity index (χ0v) is 16.9. The largest absolute Gasteiger partial charge is 0.365 e. The lowest BCUT2D eigenvalue weighted by Gasteiger charge is -2.22. The lowest BCUT2D eigenvalue weighted by atomic mass is 10.0. The van der Waals surface area contributed by atoms with E-state index in [-0.39, 0.29) is 10.5 Å². The number of nitrogens with two attached hydrogens (primary N) is 1. The molecule has 0 saturated carbocycles. The molecule has 7 nitrogen and oxygen atoms in total. The number of anilines is 1. The van der Waals surface area contributed by atoms with Crippen molar-refractivity contribution in [1.29, 1.82) is 0 Å². The van der Waals surface area contributed by atoms with Crippen LogP contribution < -0.4 is 11.1 Å². The summed E-state index contributed by atoms with van der Waals surface area (Å²) < 4.78 is 24.8. The molecule has 27 heavy (non-hydrogen) atoms. The number of rotatable bonds is 5. The number of primary amides is 1. The average molecular weight is 428 g/mol. The average Bonchev–Trinajstić information content (AvgIpc) is 2.91. The van der Waals surface area contributed by atoms with Gasteiger partial charge in [-0.05, 0) is 43.3 Å². The van der Waals surface area contributed by atoms with Crippen molar-refractivity contribution in [2.45, 2.75) is 17.9 Å². The highest BCUT2D eigenvalue weighted by Crippen LogP contribution is 2.36. The molecule has 1 aromatic heterocycles. The van der Waals surface area contributed by atoms with Gasteiger partial charge >= 0.3 is 0 Å². The molecule has 0 radical (unpaired) electrons. The van der Waals surface area contributed by atoms with Crippen molar-refractivity contribution >= 4 is 49.6 Å².